The second kappa shape index (κ2) is 8.19. The van der Waals surface area contributed by atoms with E-state index < -0.39 is 0 Å². The Labute approximate surface area is 162 Å². The fraction of sp³-hybridized carbons (Fsp3) is 0.474. The van der Waals surface area contributed by atoms with Crippen LogP contribution in [0.1, 0.15) is 53.6 Å². The summed E-state index contributed by atoms with van der Waals surface area (Å²) in [5.74, 6) is -0.0876. The van der Waals surface area contributed by atoms with Crippen LogP contribution in [0.5, 0.6) is 0 Å². The van der Waals surface area contributed by atoms with E-state index in [1.807, 2.05) is 26.8 Å². The number of nitrogens with one attached hydrogen (secondary N) is 1. The molecule has 0 radical (unpaired) electrons. The number of carbonyl (C=O) groups is 1. The SMILES string of the molecule is CC[C@H](Sc1nc(C)cc(C)n1)C(=O)Nc1sc2c(c1C#N)CCCC2. The van der Waals surface area contributed by atoms with Crippen LogP contribution in [0.25, 0.3) is 0 Å². The number of hydrogen-bond acceptors (Lipinski definition) is 6. The van der Waals surface area contributed by atoms with Gasteiger partial charge < -0.3 is 5.32 Å². The predicted octanol–water partition coefficient (Wildman–Crippen LogP) is 4.41. The van der Waals surface area contributed by atoms with Crippen LogP contribution in [0, 0.1) is 25.2 Å². The molecule has 0 unspecified atom stereocenters. The topological polar surface area (TPSA) is 78.7 Å². The molecule has 136 valence electrons. The number of hydrogen-bond donors (Lipinski definition) is 1. The number of anilines is 1. The Morgan fingerprint density at radius 1 is 1.35 bits per heavy atom. The van der Waals surface area contributed by atoms with E-state index in [1.54, 1.807) is 11.3 Å². The highest BCUT2D eigenvalue weighted by molar-refractivity contribution is 8.00. The number of aromatic nitrogens is 2. The van der Waals surface area contributed by atoms with Crippen molar-refractivity contribution in [1.29, 1.82) is 5.26 Å². The molecule has 0 saturated heterocycles. The predicted molar refractivity (Wildman–Crippen MR) is 106 cm³/mol. The fourth-order valence-electron chi connectivity index (χ4n) is 3.16. The fourth-order valence-corrected chi connectivity index (χ4v) is 5.38. The number of rotatable bonds is 5. The average Bonchev–Trinajstić information content (AvgIpc) is 2.95. The van der Waals surface area contributed by atoms with E-state index >= 15 is 0 Å². The molecular formula is C19H22N4OS2. The number of aryl methyl sites for hydroxylation is 3. The van der Waals surface area contributed by atoms with Crippen LogP contribution in [0.2, 0.25) is 0 Å². The lowest BCUT2D eigenvalue weighted by Gasteiger charge is -2.13. The molecule has 1 amide bonds. The van der Waals surface area contributed by atoms with E-state index in [2.05, 4.69) is 21.4 Å². The van der Waals surface area contributed by atoms with Crippen molar-refractivity contribution in [3.8, 4) is 6.07 Å². The van der Waals surface area contributed by atoms with Crippen molar-refractivity contribution < 1.29 is 4.79 Å². The third-order valence-electron chi connectivity index (χ3n) is 4.39. The van der Waals surface area contributed by atoms with E-state index in [9.17, 15) is 10.1 Å². The van der Waals surface area contributed by atoms with Crippen molar-refractivity contribution in [1.82, 2.24) is 9.97 Å². The number of carbonyl (C=O) groups excluding carboxylic acids is 1. The zero-order chi connectivity index (χ0) is 18.7. The summed E-state index contributed by atoms with van der Waals surface area (Å²) < 4.78 is 0. The second-order valence-electron chi connectivity index (χ2n) is 6.46. The van der Waals surface area contributed by atoms with Crippen LogP contribution in [-0.2, 0) is 17.6 Å². The number of nitrogens with zero attached hydrogens (tertiary/aromatic N) is 3. The van der Waals surface area contributed by atoms with Gasteiger partial charge in [0.05, 0.1) is 10.8 Å². The molecule has 2 aromatic heterocycles. The van der Waals surface area contributed by atoms with Gasteiger partial charge in [-0.25, -0.2) is 9.97 Å². The van der Waals surface area contributed by atoms with Crippen molar-refractivity contribution in [2.24, 2.45) is 0 Å². The molecular weight excluding hydrogens is 364 g/mol. The molecule has 26 heavy (non-hydrogen) atoms. The summed E-state index contributed by atoms with van der Waals surface area (Å²) in [7, 11) is 0. The first-order valence-electron chi connectivity index (χ1n) is 8.86. The highest BCUT2D eigenvalue weighted by Crippen LogP contribution is 2.38. The van der Waals surface area contributed by atoms with Gasteiger partial charge in [-0.1, -0.05) is 18.7 Å². The van der Waals surface area contributed by atoms with E-state index in [0.29, 0.717) is 22.1 Å². The lowest BCUT2D eigenvalue weighted by atomic mass is 9.96. The number of thiophene rings is 1. The van der Waals surface area contributed by atoms with Crippen molar-refractivity contribution in [3.63, 3.8) is 0 Å². The summed E-state index contributed by atoms with van der Waals surface area (Å²) in [6.07, 6.45) is 4.88. The van der Waals surface area contributed by atoms with Crippen LogP contribution < -0.4 is 5.32 Å². The first-order valence-corrected chi connectivity index (χ1v) is 10.6. The maximum absolute atomic E-state index is 12.8. The molecule has 2 aromatic rings. The summed E-state index contributed by atoms with van der Waals surface area (Å²) in [6, 6.07) is 4.21. The molecule has 0 fully saturated rings. The number of fused-ring (bicyclic) bond motifs is 1. The Morgan fingerprint density at radius 3 is 2.69 bits per heavy atom. The smallest absolute Gasteiger partial charge is 0.238 e. The maximum atomic E-state index is 12.8. The monoisotopic (exact) mass is 386 g/mol. The quantitative estimate of drug-likeness (QED) is 0.608. The van der Waals surface area contributed by atoms with Gasteiger partial charge in [0.1, 0.15) is 11.1 Å². The number of amides is 1. The molecule has 5 nitrogen and oxygen atoms in total. The van der Waals surface area contributed by atoms with Gasteiger partial charge >= 0.3 is 0 Å². The molecule has 1 aliphatic carbocycles. The normalized spacial score (nSPS) is 14.4. The summed E-state index contributed by atoms with van der Waals surface area (Å²) in [4.78, 5) is 22.9. The molecule has 0 aromatic carbocycles. The third-order valence-corrected chi connectivity index (χ3v) is 6.83. The zero-order valence-corrected chi connectivity index (χ0v) is 16.9. The van der Waals surface area contributed by atoms with Crippen LogP contribution in [0.4, 0.5) is 5.00 Å². The zero-order valence-electron chi connectivity index (χ0n) is 15.3. The first kappa shape index (κ1) is 18.9. The van der Waals surface area contributed by atoms with Crippen LogP contribution in [0.15, 0.2) is 11.2 Å². The van der Waals surface area contributed by atoms with Gasteiger partial charge in [0, 0.05) is 16.3 Å². The summed E-state index contributed by atoms with van der Waals surface area (Å²) >= 11 is 2.94. The Hall–Kier alpha value is -1.91. The van der Waals surface area contributed by atoms with Crippen molar-refractivity contribution >= 4 is 34.0 Å². The van der Waals surface area contributed by atoms with Gasteiger partial charge in [0.2, 0.25) is 5.91 Å². The second-order valence-corrected chi connectivity index (χ2v) is 8.74. The van der Waals surface area contributed by atoms with E-state index in [-0.39, 0.29) is 11.2 Å². The molecule has 2 heterocycles. The minimum atomic E-state index is -0.290. The van der Waals surface area contributed by atoms with Gasteiger partial charge in [-0.3, -0.25) is 4.79 Å². The minimum absolute atomic E-state index is 0.0876. The van der Waals surface area contributed by atoms with Crippen molar-refractivity contribution in [3.05, 3.63) is 33.5 Å². The van der Waals surface area contributed by atoms with Gasteiger partial charge in [-0.2, -0.15) is 5.26 Å². The lowest BCUT2D eigenvalue weighted by Crippen LogP contribution is -2.24. The van der Waals surface area contributed by atoms with Crippen LogP contribution >= 0.6 is 23.1 Å². The first-order chi connectivity index (χ1) is 12.5. The lowest BCUT2D eigenvalue weighted by molar-refractivity contribution is -0.115. The standard InChI is InChI=1S/C19H22N4OS2/c1-4-15(26-19-21-11(2)9-12(3)22-19)17(24)23-18-14(10-20)13-7-5-6-8-16(13)25-18/h9,15H,4-8H2,1-3H3,(H,23,24)/t15-/m0/s1. The van der Waals surface area contributed by atoms with Gasteiger partial charge in [0.25, 0.3) is 0 Å². The Bertz CT molecular complexity index is 849. The van der Waals surface area contributed by atoms with Gasteiger partial charge in [-0.05, 0) is 57.6 Å². The highest BCUT2D eigenvalue weighted by Gasteiger charge is 2.25. The molecule has 0 spiro atoms. The van der Waals surface area contributed by atoms with Crippen LogP contribution in [0.3, 0.4) is 0 Å². The van der Waals surface area contributed by atoms with E-state index in [1.165, 1.54) is 16.6 Å². The van der Waals surface area contributed by atoms with E-state index in [4.69, 9.17) is 0 Å². The summed E-state index contributed by atoms with van der Waals surface area (Å²) in [6.45, 7) is 5.83. The Kier molecular flexibility index (Phi) is 5.94. The van der Waals surface area contributed by atoms with Gasteiger partial charge in [-0.15, -0.1) is 11.3 Å². The summed E-state index contributed by atoms with van der Waals surface area (Å²) in [5.41, 5.74) is 3.58. The molecule has 0 bridgehead atoms. The Balaban J connectivity index is 1.78. The molecule has 1 N–H and O–H groups in total. The molecule has 3 rings (SSSR count). The average molecular weight is 387 g/mol. The summed E-state index contributed by atoms with van der Waals surface area (Å²) in [5, 5.41) is 13.6. The molecule has 0 saturated carbocycles. The van der Waals surface area contributed by atoms with Crippen molar-refractivity contribution in [2.45, 2.75) is 63.3 Å². The minimum Gasteiger partial charge on any atom is -0.316 e. The number of thioether (sulfide) groups is 1. The molecule has 7 heteroatoms. The third kappa shape index (κ3) is 4.08. The van der Waals surface area contributed by atoms with E-state index in [0.717, 1.165) is 42.6 Å². The molecule has 0 aliphatic heterocycles. The number of nitriles is 1. The maximum Gasteiger partial charge on any atom is 0.238 e. The highest BCUT2D eigenvalue weighted by atomic mass is 32.2. The van der Waals surface area contributed by atoms with Crippen molar-refractivity contribution in [2.75, 3.05) is 5.32 Å². The Morgan fingerprint density at radius 2 is 2.04 bits per heavy atom. The molecule has 1 aliphatic rings. The molecule has 1 atom stereocenters. The van der Waals surface area contributed by atoms with Gasteiger partial charge in [0.15, 0.2) is 5.16 Å². The van der Waals surface area contributed by atoms with Crippen LogP contribution in [-0.4, -0.2) is 21.1 Å². The largest absolute Gasteiger partial charge is 0.316 e.